The van der Waals surface area contributed by atoms with Crippen LogP contribution in [0.1, 0.15) is 41.5 Å². The average molecular weight is 443 g/mol. The van der Waals surface area contributed by atoms with E-state index >= 15 is 0 Å². The molecule has 0 N–H and O–H groups in total. The zero-order chi connectivity index (χ0) is 17.1. The van der Waals surface area contributed by atoms with E-state index in [4.69, 9.17) is 8.85 Å². The minimum atomic E-state index is -1.77. The van der Waals surface area contributed by atoms with Gasteiger partial charge in [0.05, 0.1) is 12.7 Å². The fourth-order valence-electron chi connectivity index (χ4n) is 1.27. The van der Waals surface area contributed by atoms with Crippen molar-refractivity contribution in [3.63, 3.8) is 0 Å². The molecule has 0 aliphatic carbocycles. The SMILES string of the molecule is CC(C)(C)[Si](C)(C)OC[C@H](/C=C/I)O[Si](C)(C)C(C)(C)C. The third kappa shape index (κ3) is 6.85. The van der Waals surface area contributed by atoms with Crippen LogP contribution in [-0.2, 0) is 8.85 Å². The van der Waals surface area contributed by atoms with Gasteiger partial charge in [-0.15, -0.1) is 0 Å². The summed E-state index contributed by atoms with van der Waals surface area (Å²) in [6.07, 6.45) is 2.20. The van der Waals surface area contributed by atoms with Crippen LogP contribution in [0, 0.1) is 0 Å². The van der Waals surface area contributed by atoms with E-state index in [1.807, 2.05) is 4.08 Å². The molecule has 0 aromatic heterocycles. The van der Waals surface area contributed by atoms with Crippen molar-refractivity contribution in [1.29, 1.82) is 0 Å². The van der Waals surface area contributed by atoms with Gasteiger partial charge in [0.25, 0.3) is 0 Å². The van der Waals surface area contributed by atoms with Crippen LogP contribution in [0.15, 0.2) is 10.2 Å². The summed E-state index contributed by atoms with van der Waals surface area (Å²) in [4.78, 5) is 0. The van der Waals surface area contributed by atoms with Gasteiger partial charge in [-0.1, -0.05) is 64.1 Å². The molecular formula is C16H35IO2Si2. The molecule has 0 aromatic rings. The van der Waals surface area contributed by atoms with Gasteiger partial charge in [-0.25, -0.2) is 0 Å². The molecule has 0 radical (unpaired) electrons. The molecule has 0 spiro atoms. The minimum Gasteiger partial charge on any atom is -0.414 e. The molecule has 2 nitrogen and oxygen atoms in total. The van der Waals surface area contributed by atoms with Crippen molar-refractivity contribution in [2.45, 2.75) is 83.9 Å². The van der Waals surface area contributed by atoms with E-state index in [0.717, 1.165) is 0 Å². The number of rotatable bonds is 6. The molecule has 0 aliphatic heterocycles. The Morgan fingerprint density at radius 2 is 1.33 bits per heavy atom. The summed E-state index contributed by atoms with van der Waals surface area (Å²) >= 11 is 2.26. The van der Waals surface area contributed by atoms with Crippen molar-refractivity contribution in [2.24, 2.45) is 0 Å². The second-order valence-corrected chi connectivity index (χ2v) is 19.1. The molecule has 0 fully saturated rings. The third-order valence-corrected chi connectivity index (χ3v) is 14.4. The number of halogens is 1. The van der Waals surface area contributed by atoms with Crippen LogP contribution in [-0.4, -0.2) is 29.3 Å². The van der Waals surface area contributed by atoms with Gasteiger partial charge in [0.15, 0.2) is 16.6 Å². The largest absolute Gasteiger partial charge is 0.414 e. The van der Waals surface area contributed by atoms with Crippen LogP contribution < -0.4 is 0 Å². The summed E-state index contributed by atoms with van der Waals surface area (Å²) in [5.41, 5.74) is 0. The van der Waals surface area contributed by atoms with Gasteiger partial charge < -0.3 is 8.85 Å². The van der Waals surface area contributed by atoms with Crippen molar-refractivity contribution >= 4 is 39.2 Å². The Hall–Kier alpha value is 0.824. The average Bonchev–Trinajstić information content (AvgIpc) is 2.22. The van der Waals surface area contributed by atoms with E-state index in [0.29, 0.717) is 6.61 Å². The van der Waals surface area contributed by atoms with Crippen LogP contribution in [0.2, 0.25) is 36.3 Å². The minimum absolute atomic E-state index is 0.0666. The van der Waals surface area contributed by atoms with E-state index in [2.05, 4.69) is 96.4 Å². The first-order valence-electron chi connectivity index (χ1n) is 7.73. The van der Waals surface area contributed by atoms with E-state index in [9.17, 15) is 0 Å². The fourth-order valence-corrected chi connectivity index (χ4v) is 4.01. The van der Waals surface area contributed by atoms with Crippen LogP contribution >= 0.6 is 22.6 Å². The Morgan fingerprint density at radius 3 is 1.67 bits per heavy atom. The Labute approximate surface area is 148 Å². The Kier molecular flexibility index (Phi) is 7.89. The first-order valence-corrected chi connectivity index (χ1v) is 14.8. The maximum Gasteiger partial charge on any atom is 0.192 e. The van der Waals surface area contributed by atoms with Gasteiger partial charge in [0.1, 0.15) is 0 Å². The quantitative estimate of drug-likeness (QED) is 0.353. The summed E-state index contributed by atoms with van der Waals surface area (Å²) in [6.45, 7) is 23.5. The molecule has 0 bridgehead atoms. The highest BCUT2D eigenvalue weighted by atomic mass is 127. The van der Waals surface area contributed by atoms with Crippen molar-refractivity contribution in [2.75, 3.05) is 6.61 Å². The topological polar surface area (TPSA) is 18.5 Å². The van der Waals surface area contributed by atoms with Crippen LogP contribution in [0.5, 0.6) is 0 Å². The fraction of sp³-hybridized carbons (Fsp3) is 0.875. The Balaban J connectivity index is 4.89. The van der Waals surface area contributed by atoms with Gasteiger partial charge in [-0.05, 0) is 46.4 Å². The molecule has 21 heavy (non-hydrogen) atoms. The smallest absolute Gasteiger partial charge is 0.192 e. The lowest BCUT2D eigenvalue weighted by molar-refractivity contribution is 0.141. The van der Waals surface area contributed by atoms with Crippen molar-refractivity contribution in [3.05, 3.63) is 10.2 Å². The summed E-state index contributed by atoms with van der Waals surface area (Å²) < 4.78 is 14.9. The molecular weight excluding hydrogens is 407 g/mol. The molecule has 1 atom stereocenters. The third-order valence-electron chi connectivity index (χ3n) is 4.95. The van der Waals surface area contributed by atoms with E-state index in [1.165, 1.54) is 0 Å². The summed E-state index contributed by atoms with van der Waals surface area (Å²) in [6, 6.07) is 0. The van der Waals surface area contributed by atoms with Crippen molar-refractivity contribution in [1.82, 2.24) is 0 Å². The van der Waals surface area contributed by atoms with Gasteiger partial charge in [-0.3, -0.25) is 0 Å². The highest BCUT2D eigenvalue weighted by Gasteiger charge is 2.40. The van der Waals surface area contributed by atoms with Crippen LogP contribution in [0.4, 0.5) is 0 Å². The van der Waals surface area contributed by atoms with Crippen molar-refractivity contribution < 1.29 is 8.85 Å². The molecule has 5 heteroatoms. The van der Waals surface area contributed by atoms with E-state index in [-0.39, 0.29) is 16.2 Å². The highest BCUT2D eigenvalue weighted by Crippen LogP contribution is 2.39. The standard InChI is InChI=1S/C16H35IO2Si2/c1-15(2,3)20(7,8)18-13-14(11-12-17)19-21(9,10)16(4,5)6/h11-12,14H,13H2,1-10H3/b12-11+/t14-/m0/s1. The number of hydrogen-bond acceptors (Lipinski definition) is 2. The van der Waals surface area contributed by atoms with Crippen LogP contribution in [0.25, 0.3) is 0 Å². The number of hydrogen-bond donors (Lipinski definition) is 0. The second-order valence-electron chi connectivity index (χ2n) is 8.81. The summed E-state index contributed by atoms with van der Waals surface area (Å²) in [7, 11) is -3.49. The first kappa shape index (κ1) is 21.8. The molecule has 0 unspecified atom stereocenters. The normalized spacial score (nSPS) is 16.5. The zero-order valence-corrected chi connectivity index (χ0v) is 19.8. The lowest BCUT2D eigenvalue weighted by Gasteiger charge is -2.41. The van der Waals surface area contributed by atoms with Gasteiger partial charge in [0.2, 0.25) is 0 Å². The van der Waals surface area contributed by atoms with Gasteiger partial charge in [-0.2, -0.15) is 0 Å². The summed E-state index contributed by atoms with van der Waals surface area (Å²) in [5, 5.41) is 0.462. The maximum absolute atomic E-state index is 6.50. The Morgan fingerprint density at radius 1 is 0.905 bits per heavy atom. The molecule has 0 rings (SSSR count). The predicted molar refractivity (Wildman–Crippen MR) is 108 cm³/mol. The molecule has 126 valence electrons. The monoisotopic (exact) mass is 442 g/mol. The molecule has 0 heterocycles. The molecule has 0 saturated carbocycles. The molecule has 0 aromatic carbocycles. The molecule has 0 aliphatic rings. The zero-order valence-electron chi connectivity index (χ0n) is 15.6. The summed E-state index contributed by atoms with van der Waals surface area (Å²) in [5.74, 6) is 0. The van der Waals surface area contributed by atoms with Gasteiger partial charge >= 0.3 is 0 Å². The molecule has 0 saturated heterocycles. The lowest BCUT2D eigenvalue weighted by atomic mass is 10.2. The Bertz CT molecular complexity index is 352. The second kappa shape index (κ2) is 7.60. The predicted octanol–water partition coefficient (Wildman–Crippen LogP) is 6.35. The first-order chi connectivity index (χ1) is 9.14. The van der Waals surface area contributed by atoms with Crippen molar-refractivity contribution in [3.8, 4) is 0 Å². The van der Waals surface area contributed by atoms with Crippen LogP contribution in [0.3, 0.4) is 0 Å². The van der Waals surface area contributed by atoms with Gasteiger partial charge in [0, 0.05) is 0 Å². The van der Waals surface area contributed by atoms with E-state index < -0.39 is 16.6 Å². The maximum atomic E-state index is 6.50. The highest BCUT2D eigenvalue weighted by molar-refractivity contribution is 14.1. The van der Waals surface area contributed by atoms with E-state index in [1.54, 1.807) is 0 Å². The lowest BCUT2D eigenvalue weighted by Crippen LogP contribution is -2.47. The molecule has 0 amide bonds.